The van der Waals surface area contributed by atoms with Gasteiger partial charge in [0.2, 0.25) is 0 Å². The molecule has 1 saturated carbocycles. The molecule has 1 fully saturated rings. The Kier molecular flexibility index (Phi) is 2.98. The number of hydrogen-bond acceptors (Lipinski definition) is 1. The van der Waals surface area contributed by atoms with Gasteiger partial charge in [0.05, 0.1) is 5.60 Å². The molecule has 1 aromatic rings. The predicted octanol–water partition coefficient (Wildman–Crippen LogP) is 3.36. The number of rotatable bonds is 1. The molecule has 3 heteroatoms. The van der Waals surface area contributed by atoms with Gasteiger partial charge < -0.3 is 5.11 Å². The summed E-state index contributed by atoms with van der Waals surface area (Å²) in [6, 6.07) is 3.69. The van der Waals surface area contributed by atoms with Crippen molar-refractivity contribution in [3.63, 3.8) is 0 Å². The van der Waals surface area contributed by atoms with Gasteiger partial charge in [-0.2, -0.15) is 0 Å². The first-order valence-corrected chi connectivity index (χ1v) is 5.69. The second kappa shape index (κ2) is 4.13. The van der Waals surface area contributed by atoms with E-state index in [1.165, 1.54) is 6.07 Å². The zero-order chi connectivity index (χ0) is 11.8. The lowest BCUT2D eigenvalue weighted by Gasteiger charge is -2.36. The van der Waals surface area contributed by atoms with Gasteiger partial charge in [0, 0.05) is 0 Å². The minimum absolute atomic E-state index is 0.423. The average molecular weight is 226 g/mol. The van der Waals surface area contributed by atoms with Gasteiger partial charge in [0.25, 0.3) is 0 Å². The Morgan fingerprint density at radius 3 is 2.69 bits per heavy atom. The van der Waals surface area contributed by atoms with E-state index in [9.17, 15) is 13.9 Å². The maximum absolute atomic E-state index is 13.1. The zero-order valence-corrected chi connectivity index (χ0v) is 9.34. The molecular formula is C13H16F2O. The molecular weight excluding hydrogens is 210 g/mol. The van der Waals surface area contributed by atoms with Gasteiger partial charge in [-0.15, -0.1) is 0 Å². The highest BCUT2D eigenvalue weighted by Gasteiger charge is 2.34. The third-order valence-electron chi connectivity index (χ3n) is 3.43. The molecule has 2 rings (SSSR count). The van der Waals surface area contributed by atoms with Crippen molar-refractivity contribution in [2.24, 2.45) is 5.92 Å². The van der Waals surface area contributed by atoms with Crippen molar-refractivity contribution in [1.82, 2.24) is 0 Å². The minimum Gasteiger partial charge on any atom is -0.385 e. The van der Waals surface area contributed by atoms with Crippen molar-refractivity contribution in [1.29, 1.82) is 0 Å². The van der Waals surface area contributed by atoms with Crippen molar-refractivity contribution < 1.29 is 13.9 Å². The van der Waals surface area contributed by atoms with Crippen LogP contribution in [0.15, 0.2) is 18.2 Å². The van der Waals surface area contributed by atoms with Gasteiger partial charge in [-0.05, 0) is 42.9 Å². The van der Waals surface area contributed by atoms with Crippen molar-refractivity contribution in [3.05, 3.63) is 35.4 Å². The molecule has 88 valence electrons. The summed E-state index contributed by atoms with van der Waals surface area (Å²) in [5.41, 5.74) is -0.482. The van der Waals surface area contributed by atoms with Crippen LogP contribution >= 0.6 is 0 Å². The fraction of sp³-hybridized carbons (Fsp3) is 0.538. The Balaban J connectivity index is 2.31. The Hall–Kier alpha value is -0.960. The minimum atomic E-state index is -0.980. The molecule has 0 saturated heterocycles. The van der Waals surface area contributed by atoms with Crippen LogP contribution in [0.25, 0.3) is 0 Å². The van der Waals surface area contributed by atoms with E-state index in [4.69, 9.17) is 0 Å². The summed E-state index contributed by atoms with van der Waals surface area (Å²) in [4.78, 5) is 0. The maximum atomic E-state index is 13.1. The molecule has 0 amide bonds. The second-order valence-corrected chi connectivity index (χ2v) is 4.86. The van der Waals surface area contributed by atoms with Crippen LogP contribution in [0.1, 0.15) is 38.2 Å². The van der Waals surface area contributed by atoms with E-state index < -0.39 is 17.2 Å². The summed E-state index contributed by atoms with van der Waals surface area (Å²) >= 11 is 0. The van der Waals surface area contributed by atoms with Crippen LogP contribution in [0, 0.1) is 17.6 Å². The summed E-state index contributed by atoms with van der Waals surface area (Å²) < 4.78 is 25.9. The van der Waals surface area contributed by atoms with Crippen molar-refractivity contribution in [3.8, 4) is 0 Å². The van der Waals surface area contributed by atoms with Crippen LogP contribution in [-0.4, -0.2) is 5.11 Å². The quantitative estimate of drug-likeness (QED) is 0.778. The van der Waals surface area contributed by atoms with Crippen LogP contribution in [0.2, 0.25) is 0 Å². The lowest BCUT2D eigenvalue weighted by atomic mass is 9.75. The third kappa shape index (κ3) is 2.09. The second-order valence-electron chi connectivity index (χ2n) is 4.86. The standard InChI is InChI=1S/C13H16F2O/c1-9-3-2-6-13(16,8-9)10-4-5-11(14)12(15)7-10/h4-5,7,9,16H,2-3,6,8H2,1H3. The molecule has 0 aromatic heterocycles. The van der Waals surface area contributed by atoms with Crippen molar-refractivity contribution >= 4 is 0 Å². The first kappa shape index (κ1) is 11.5. The number of halogens is 2. The Bertz CT molecular complexity index is 392. The predicted molar refractivity (Wildman–Crippen MR) is 57.9 cm³/mol. The summed E-state index contributed by atoms with van der Waals surface area (Å²) in [5, 5.41) is 10.4. The van der Waals surface area contributed by atoms with E-state index in [-0.39, 0.29) is 0 Å². The first-order chi connectivity index (χ1) is 7.51. The van der Waals surface area contributed by atoms with Crippen LogP contribution in [0.4, 0.5) is 8.78 Å². The molecule has 1 aromatic carbocycles. The molecule has 16 heavy (non-hydrogen) atoms. The Morgan fingerprint density at radius 1 is 1.31 bits per heavy atom. The lowest BCUT2D eigenvalue weighted by molar-refractivity contribution is -0.0181. The van der Waals surface area contributed by atoms with Crippen molar-refractivity contribution in [2.45, 2.75) is 38.2 Å². The smallest absolute Gasteiger partial charge is 0.159 e. The molecule has 0 aliphatic heterocycles. The van der Waals surface area contributed by atoms with Gasteiger partial charge in [0.1, 0.15) is 0 Å². The number of aliphatic hydroxyl groups is 1. The number of benzene rings is 1. The van der Waals surface area contributed by atoms with Crippen LogP contribution < -0.4 is 0 Å². The van der Waals surface area contributed by atoms with Gasteiger partial charge in [-0.3, -0.25) is 0 Å². The van der Waals surface area contributed by atoms with E-state index in [0.717, 1.165) is 25.0 Å². The molecule has 1 N–H and O–H groups in total. The molecule has 2 atom stereocenters. The third-order valence-corrected chi connectivity index (χ3v) is 3.43. The fourth-order valence-electron chi connectivity index (χ4n) is 2.57. The first-order valence-electron chi connectivity index (χ1n) is 5.69. The highest BCUT2D eigenvalue weighted by molar-refractivity contribution is 5.24. The van der Waals surface area contributed by atoms with E-state index in [1.54, 1.807) is 0 Å². The molecule has 1 nitrogen and oxygen atoms in total. The Morgan fingerprint density at radius 2 is 2.06 bits per heavy atom. The van der Waals surface area contributed by atoms with Gasteiger partial charge in [-0.25, -0.2) is 8.78 Å². The van der Waals surface area contributed by atoms with Crippen LogP contribution in [0.3, 0.4) is 0 Å². The fourth-order valence-corrected chi connectivity index (χ4v) is 2.57. The zero-order valence-electron chi connectivity index (χ0n) is 9.34. The normalized spacial score (nSPS) is 30.4. The molecule has 1 aliphatic rings. The van der Waals surface area contributed by atoms with Gasteiger partial charge in [-0.1, -0.05) is 19.4 Å². The highest BCUT2D eigenvalue weighted by Crippen LogP contribution is 2.39. The molecule has 0 bridgehead atoms. The summed E-state index contributed by atoms with van der Waals surface area (Å²) in [7, 11) is 0. The van der Waals surface area contributed by atoms with Crippen LogP contribution in [-0.2, 0) is 5.60 Å². The SMILES string of the molecule is CC1CCCC(O)(c2ccc(F)c(F)c2)C1. The topological polar surface area (TPSA) is 20.2 Å². The molecule has 1 aliphatic carbocycles. The molecule has 0 spiro atoms. The van der Waals surface area contributed by atoms with Gasteiger partial charge in [0.15, 0.2) is 11.6 Å². The molecule has 0 heterocycles. The Labute approximate surface area is 94.1 Å². The maximum Gasteiger partial charge on any atom is 0.159 e. The van der Waals surface area contributed by atoms with E-state index in [0.29, 0.717) is 24.3 Å². The van der Waals surface area contributed by atoms with E-state index >= 15 is 0 Å². The van der Waals surface area contributed by atoms with Crippen molar-refractivity contribution in [2.75, 3.05) is 0 Å². The molecule has 0 radical (unpaired) electrons. The summed E-state index contributed by atoms with van der Waals surface area (Å²) in [6.07, 6.45) is 3.27. The van der Waals surface area contributed by atoms with Crippen LogP contribution in [0.5, 0.6) is 0 Å². The monoisotopic (exact) mass is 226 g/mol. The van der Waals surface area contributed by atoms with Gasteiger partial charge >= 0.3 is 0 Å². The summed E-state index contributed by atoms with van der Waals surface area (Å²) in [6.45, 7) is 2.07. The molecule has 2 unspecified atom stereocenters. The van der Waals surface area contributed by atoms with E-state index in [2.05, 4.69) is 6.92 Å². The van der Waals surface area contributed by atoms with E-state index in [1.807, 2.05) is 0 Å². The number of hydrogen-bond donors (Lipinski definition) is 1. The summed E-state index contributed by atoms with van der Waals surface area (Å²) in [5.74, 6) is -1.33. The lowest BCUT2D eigenvalue weighted by Crippen LogP contribution is -2.32. The largest absolute Gasteiger partial charge is 0.385 e. The average Bonchev–Trinajstić information content (AvgIpc) is 2.21. The highest BCUT2D eigenvalue weighted by atomic mass is 19.2.